The van der Waals surface area contributed by atoms with Crippen molar-refractivity contribution in [3.05, 3.63) is 45.6 Å². The van der Waals surface area contributed by atoms with E-state index in [0.717, 1.165) is 4.70 Å². The second-order valence-corrected chi connectivity index (χ2v) is 9.12. The van der Waals surface area contributed by atoms with Crippen LogP contribution in [0.2, 0.25) is 10.0 Å². The minimum absolute atomic E-state index is 0.0257. The second-order valence-electron chi connectivity index (χ2n) is 5.59. The van der Waals surface area contributed by atoms with E-state index in [1.807, 2.05) is 0 Å². The Morgan fingerprint density at radius 1 is 1.29 bits per heavy atom. The van der Waals surface area contributed by atoms with Gasteiger partial charge in [0.15, 0.2) is 0 Å². The highest BCUT2D eigenvalue weighted by molar-refractivity contribution is 7.92. The second kappa shape index (κ2) is 8.56. The number of rotatable bonds is 7. The summed E-state index contributed by atoms with van der Waals surface area (Å²) in [5.41, 5.74) is 0.862. The Morgan fingerprint density at radius 2 is 2.07 bits per heavy atom. The molecule has 12 heteroatoms. The van der Waals surface area contributed by atoms with Crippen LogP contribution in [0.4, 0.5) is 15.8 Å². The lowest BCUT2D eigenvalue weighted by atomic mass is 10.2. The van der Waals surface area contributed by atoms with Crippen LogP contribution in [0.3, 0.4) is 0 Å². The summed E-state index contributed by atoms with van der Waals surface area (Å²) in [7, 11) is -3.79. The van der Waals surface area contributed by atoms with E-state index >= 15 is 0 Å². The van der Waals surface area contributed by atoms with Crippen molar-refractivity contribution in [1.29, 1.82) is 0 Å². The summed E-state index contributed by atoms with van der Waals surface area (Å²) >= 11 is 13.7. The molecule has 2 heterocycles. The summed E-state index contributed by atoms with van der Waals surface area (Å²) in [4.78, 5) is 20.7. The van der Waals surface area contributed by atoms with Gasteiger partial charge in [0.05, 0.1) is 49.6 Å². The van der Waals surface area contributed by atoms with Crippen LogP contribution in [-0.2, 0) is 10.0 Å². The van der Waals surface area contributed by atoms with E-state index in [4.69, 9.17) is 23.2 Å². The number of sulfonamides is 1. The van der Waals surface area contributed by atoms with Gasteiger partial charge in [0.2, 0.25) is 10.0 Å². The van der Waals surface area contributed by atoms with E-state index in [2.05, 4.69) is 20.0 Å². The maximum atomic E-state index is 12.7. The standard InChI is InChI=1S/C16H13Cl2FN4O3S2/c17-10-2-3-11(23-28(25,26)5-1-4-19)13(18)15(10)22-16(24)9-7-27-12-6-20-8-21-14(9)12/h2-3,6-8,23H,1,4-5H2,(H,22,24). The van der Waals surface area contributed by atoms with Crippen LogP contribution in [0, 0.1) is 0 Å². The molecule has 0 fully saturated rings. The van der Waals surface area contributed by atoms with E-state index in [0.29, 0.717) is 11.1 Å². The molecule has 2 aromatic heterocycles. The Morgan fingerprint density at radius 3 is 2.82 bits per heavy atom. The molecule has 0 bridgehead atoms. The summed E-state index contributed by atoms with van der Waals surface area (Å²) in [6, 6.07) is 2.75. The van der Waals surface area contributed by atoms with Crippen LogP contribution in [0.25, 0.3) is 10.2 Å². The number of nitrogens with one attached hydrogen (secondary N) is 2. The fraction of sp³-hybridized carbons (Fsp3) is 0.188. The fourth-order valence-corrected chi connectivity index (χ4v) is 4.86. The molecule has 2 N–H and O–H groups in total. The number of carbonyl (C=O) groups is 1. The van der Waals surface area contributed by atoms with Gasteiger partial charge in [0.1, 0.15) is 6.33 Å². The van der Waals surface area contributed by atoms with Crippen LogP contribution in [0.15, 0.2) is 30.0 Å². The third-order valence-electron chi connectivity index (χ3n) is 3.62. The lowest BCUT2D eigenvalue weighted by molar-refractivity contribution is 0.102. The zero-order valence-corrected chi connectivity index (χ0v) is 17.2. The first-order valence-corrected chi connectivity index (χ1v) is 11.1. The molecular formula is C16H13Cl2FN4O3S2. The Hall–Kier alpha value is -2.01. The molecule has 0 radical (unpaired) electrons. The number of carbonyl (C=O) groups excluding carboxylic acids is 1. The zero-order valence-electron chi connectivity index (χ0n) is 14.1. The summed E-state index contributed by atoms with van der Waals surface area (Å²) in [6.07, 6.45) is 2.78. The maximum absolute atomic E-state index is 12.7. The largest absolute Gasteiger partial charge is 0.319 e. The van der Waals surface area contributed by atoms with Crippen LogP contribution >= 0.6 is 34.5 Å². The maximum Gasteiger partial charge on any atom is 0.258 e. The number of hydrogen-bond donors (Lipinski definition) is 2. The van der Waals surface area contributed by atoms with E-state index < -0.39 is 28.4 Å². The molecule has 3 rings (SSSR count). The van der Waals surface area contributed by atoms with E-state index in [1.165, 1.54) is 29.8 Å². The fourth-order valence-electron chi connectivity index (χ4n) is 2.33. The van der Waals surface area contributed by atoms with Gasteiger partial charge in [-0.1, -0.05) is 23.2 Å². The number of alkyl halides is 1. The van der Waals surface area contributed by atoms with Crippen LogP contribution in [0.5, 0.6) is 0 Å². The molecule has 0 saturated heterocycles. The Kier molecular flexibility index (Phi) is 6.33. The van der Waals surface area contributed by atoms with E-state index in [1.54, 1.807) is 11.6 Å². The predicted molar refractivity (Wildman–Crippen MR) is 110 cm³/mol. The molecule has 7 nitrogen and oxygen atoms in total. The summed E-state index contributed by atoms with van der Waals surface area (Å²) in [5.74, 6) is -0.906. The minimum atomic E-state index is -3.79. The number of aromatic nitrogens is 2. The average molecular weight is 463 g/mol. The first-order chi connectivity index (χ1) is 13.3. The molecule has 28 heavy (non-hydrogen) atoms. The van der Waals surface area contributed by atoms with Gasteiger partial charge < -0.3 is 5.32 Å². The number of benzene rings is 1. The summed E-state index contributed by atoms with van der Waals surface area (Å²) in [5, 5.41) is 4.26. The Bertz CT molecular complexity index is 1140. The van der Waals surface area contributed by atoms with Gasteiger partial charge in [-0.05, 0) is 18.6 Å². The predicted octanol–water partition coefficient (Wildman–Crippen LogP) is 4.35. The number of fused-ring (bicyclic) bond motifs is 1. The molecule has 0 saturated carbocycles. The first kappa shape index (κ1) is 20.7. The van der Waals surface area contributed by atoms with Crippen molar-refractivity contribution >= 4 is 72.1 Å². The van der Waals surface area contributed by atoms with Crippen LogP contribution < -0.4 is 10.0 Å². The minimum Gasteiger partial charge on any atom is -0.319 e. The lowest BCUT2D eigenvalue weighted by Gasteiger charge is -2.14. The van der Waals surface area contributed by atoms with Gasteiger partial charge in [-0.2, -0.15) is 0 Å². The SMILES string of the molecule is O=C(Nc1c(Cl)ccc(NS(=O)(=O)CCCF)c1Cl)c1csc2cncnc12. The van der Waals surface area contributed by atoms with Gasteiger partial charge in [0.25, 0.3) is 5.91 Å². The number of anilines is 2. The number of hydrogen-bond acceptors (Lipinski definition) is 6. The van der Waals surface area contributed by atoms with E-state index in [9.17, 15) is 17.6 Å². The Balaban J connectivity index is 1.89. The van der Waals surface area contributed by atoms with Crippen molar-refractivity contribution in [1.82, 2.24) is 9.97 Å². The smallest absolute Gasteiger partial charge is 0.258 e. The molecule has 3 aromatic rings. The molecule has 0 aliphatic carbocycles. The van der Waals surface area contributed by atoms with Gasteiger partial charge in [-0.25, -0.2) is 18.4 Å². The topological polar surface area (TPSA) is 101 Å². The van der Waals surface area contributed by atoms with Crippen LogP contribution in [0.1, 0.15) is 16.8 Å². The van der Waals surface area contributed by atoms with Crippen molar-refractivity contribution < 1.29 is 17.6 Å². The molecule has 1 aromatic carbocycles. The van der Waals surface area contributed by atoms with Crippen molar-refractivity contribution in [3.8, 4) is 0 Å². The van der Waals surface area contributed by atoms with Crippen molar-refractivity contribution in [2.45, 2.75) is 6.42 Å². The van der Waals surface area contributed by atoms with Gasteiger partial charge in [0, 0.05) is 11.6 Å². The third-order valence-corrected chi connectivity index (χ3v) is 6.59. The summed E-state index contributed by atoms with van der Waals surface area (Å²) < 4.78 is 39.2. The first-order valence-electron chi connectivity index (χ1n) is 7.85. The number of nitrogens with zero attached hydrogens (tertiary/aromatic N) is 2. The molecule has 148 valence electrons. The number of halogens is 3. The monoisotopic (exact) mass is 462 g/mol. The average Bonchev–Trinajstić information content (AvgIpc) is 3.10. The van der Waals surface area contributed by atoms with Gasteiger partial charge >= 0.3 is 0 Å². The van der Waals surface area contributed by atoms with Gasteiger partial charge in [-0.15, -0.1) is 11.3 Å². The molecule has 0 aliphatic heterocycles. The summed E-state index contributed by atoms with van der Waals surface area (Å²) in [6.45, 7) is -0.755. The highest BCUT2D eigenvalue weighted by Crippen LogP contribution is 2.37. The quantitative estimate of drug-likeness (QED) is 0.543. The normalized spacial score (nSPS) is 11.5. The van der Waals surface area contributed by atoms with Crippen LogP contribution in [-0.4, -0.2) is 36.7 Å². The zero-order chi connectivity index (χ0) is 20.3. The Labute approximate surface area is 174 Å². The lowest BCUT2D eigenvalue weighted by Crippen LogP contribution is -2.18. The molecule has 1 amide bonds. The highest BCUT2D eigenvalue weighted by Gasteiger charge is 2.20. The van der Waals surface area contributed by atoms with E-state index in [-0.39, 0.29) is 27.8 Å². The van der Waals surface area contributed by atoms with Crippen molar-refractivity contribution in [2.24, 2.45) is 0 Å². The van der Waals surface area contributed by atoms with Gasteiger partial charge in [-0.3, -0.25) is 13.9 Å². The number of thiophene rings is 1. The molecular weight excluding hydrogens is 450 g/mol. The van der Waals surface area contributed by atoms with Crippen molar-refractivity contribution in [3.63, 3.8) is 0 Å². The molecule has 0 aliphatic rings. The molecule has 0 atom stereocenters. The molecule has 0 unspecified atom stereocenters. The number of amides is 1. The highest BCUT2D eigenvalue weighted by atomic mass is 35.5. The molecule has 0 spiro atoms. The van der Waals surface area contributed by atoms with Crippen molar-refractivity contribution in [2.75, 3.05) is 22.5 Å². The third kappa shape index (κ3) is 4.52.